The molecule has 0 saturated heterocycles. The summed E-state index contributed by atoms with van der Waals surface area (Å²) in [7, 11) is 1.45. The molecule has 4 nitrogen and oxygen atoms in total. The van der Waals surface area contributed by atoms with Gasteiger partial charge in [-0.05, 0) is 30.5 Å². The second-order valence-corrected chi connectivity index (χ2v) is 4.55. The molecule has 112 valence electrons. The van der Waals surface area contributed by atoms with Gasteiger partial charge in [0, 0.05) is 18.9 Å². The highest BCUT2D eigenvalue weighted by Crippen LogP contribution is 2.28. The number of ether oxygens (including phenoxy) is 2. The van der Waals surface area contributed by atoms with Crippen molar-refractivity contribution in [3.05, 3.63) is 23.8 Å². The number of hydrogen-bond donors (Lipinski definition) is 0. The first-order valence-corrected chi connectivity index (χ1v) is 6.98. The number of benzene rings is 1. The van der Waals surface area contributed by atoms with E-state index in [1.54, 1.807) is 6.07 Å². The van der Waals surface area contributed by atoms with Crippen LogP contribution < -0.4 is 9.47 Å². The molecule has 0 aromatic heterocycles. The predicted molar refractivity (Wildman–Crippen MR) is 80.6 cm³/mol. The first-order chi connectivity index (χ1) is 10.1. The molecule has 0 radical (unpaired) electrons. The van der Waals surface area contributed by atoms with Gasteiger partial charge in [0.1, 0.15) is 0 Å². The van der Waals surface area contributed by atoms with Gasteiger partial charge >= 0.3 is 5.97 Å². The van der Waals surface area contributed by atoms with E-state index in [-0.39, 0.29) is 11.5 Å². The molecule has 0 saturated carbocycles. The van der Waals surface area contributed by atoms with Crippen molar-refractivity contribution in [3.8, 4) is 23.3 Å². The molecule has 4 heteroatoms. The lowest BCUT2D eigenvalue weighted by Gasteiger charge is -2.08. The zero-order valence-electron chi connectivity index (χ0n) is 12.7. The van der Waals surface area contributed by atoms with E-state index < -0.39 is 5.97 Å². The van der Waals surface area contributed by atoms with Crippen LogP contribution in [0.25, 0.3) is 0 Å². The third kappa shape index (κ3) is 5.70. The number of unbranched alkanes of at least 4 members (excludes halogenated alkanes) is 3. The van der Waals surface area contributed by atoms with Gasteiger partial charge in [-0.15, -0.1) is 0 Å². The minimum absolute atomic E-state index is 0.265. The number of esters is 1. The zero-order valence-corrected chi connectivity index (χ0v) is 12.7. The summed E-state index contributed by atoms with van der Waals surface area (Å²) in [6, 6.07) is 4.64. The van der Waals surface area contributed by atoms with E-state index in [1.165, 1.54) is 26.2 Å². The summed E-state index contributed by atoms with van der Waals surface area (Å²) in [5, 5.41) is 0. The van der Waals surface area contributed by atoms with E-state index in [2.05, 4.69) is 18.8 Å². The Morgan fingerprint density at radius 1 is 1.19 bits per heavy atom. The Morgan fingerprint density at radius 2 is 1.95 bits per heavy atom. The van der Waals surface area contributed by atoms with E-state index in [0.717, 1.165) is 25.7 Å². The largest absolute Gasteiger partial charge is 0.493 e. The van der Waals surface area contributed by atoms with Gasteiger partial charge in [-0.25, -0.2) is 0 Å². The molecule has 1 aromatic carbocycles. The maximum atomic E-state index is 11.9. The number of carbonyl (C=O) groups is 2. The number of rotatable bonds is 6. The van der Waals surface area contributed by atoms with E-state index in [1.807, 2.05) is 0 Å². The lowest BCUT2D eigenvalue weighted by atomic mass is 10.1. The summed E-state index contributed by atoms with van der Waals surface area (Å²) in [4.78, 5) is 22.9. The van der Waals surface area contributed by atoms with Crippen LogP contribution in [-0.4, -0.2) is 18.9 Å². The highest BCUT2D eigenvalue weighted by Gasteiger charge is 2.11. The number of hydrogen-bond acceptors (Lipinski definition) is 4. The van der Waals surface area contributed by atoms with Crippen LogP contribution in [0, 0.1) is 11.8 Å². The van der Waals surface area contributed by atoms with Crippen LogP contribution in [0.4, 0.5) is 0 Å². The summed E-state index contributed by atoms with van der Waals surface area (Å²) in [5.74, 6) is 5.41. The van der Waals surface area contributed by atoms with Crippen molar-refractivity contribution in [3.63, 3.8) is 0 Å². The van der Waals surface area contributed by atoms with Crippen molar-refractivity contribution in [2.24, 2.45) is 0 Å². The molecular formula is C17H20O4. The number of carbonyl (C=O) groups excluding carboxylic acids is 2. The Labute approximate surface area is 125 Å². The molecule has 1 aromatic rings. The van der Waals surface area contributed by atoms with Crippen LogP contribution >= 0.6 is 0 Å². The Hall–Kier alpha value is -2.28. The minimum Gasteiger partial charge on any atom is -0.493 e. The Bertz CT molecular complexity index is 564. The molecule has 0 aliphatic carbocycles. The van der Waals surface area contributed by atoms with Crippen molar-refractivity contribution in [2.75, 3.05) is 7.11 Å². The van der Waals surface area contributed by atoms with E-state index in [9.17, 15) is 9.59 Å². The Morgan fingerprint density at radius 3 is 2.57 bits per heavy atom. The molecule has 0 heterocycles. The van der Waals surface area contributed by atoms with Gasteiger partial charge in [0.2, 0.25) is 5.78 Å². The first-order valence-electron chi connectivity index (χ1n) is 6.98. The molecule has 21 heavy (non-hydrogen) atoms. The van der Waals surface area contributed by atoms with Gasteiger partial charge in [0.25, 0.3) is 0 Å². The van der Waals surface area contributed by atoms with Gasteiger partial charge in [-0.2, -0.15) is 0 Å². The summed E-state index contributed by atoms with van der Waals surface area (Å²) in [6.07, 6.45) is 3.98. The van der Waals surface area contributed by atoms with Crippen molar-refractivity contribution in [1.82, 2.24) is 0 Å². The van der Waals surface area contributed by atoms with Crippen molar-refractivity contribution >= 4 is 11.8 Å². The van der Waals surface area contributed by atoms with Gasteiger partial charge in [0.05, 0.1) is 7.11 Å². The highest BCUT2D eigenvalue weighted by molar-refractivity contribution is 6.09. The fourth-order valence-electron chi connectivity index (χ4n) is 1.73. The highest BCUT2D eigenvalue weighted by atomic mass is 16.6. The number of Topliss-reactive ketones (excluding diaryl/α,β-unsaturated/α-hetero) is 1. The van der Waals surface area contributed by atoms with Crippen LogP contribution in [0.5, 0.6) is 11.5 Å². The lowest BCUT2D eigenvalue weighted by molar-refractivity contribution is -0.132. The Balaban J connectivity index is 2.79. The quantitative estimate of drug-likeness (QED) is 0.201. The summed E-state index contributed by atoms with van der Waals surface area (Å²) in [6.45, 7) is 3.43. The Kier molecular flexibility index (Phi) is 7.03. The average molecular weight is 288 g/mol. The normalized spacial score (nSPS) is 9.48. The molecule has 0 amide bonds. The van der Waals surface area contributed by atoms with Crippen molar-refractivity contribution < 1.29 is 19.1 Å². The van der Waals surface area contributed by atoms with Crippen LogP contribution in [-0.2, 0) is 4.79 Å². The molecule has 0 fully saturated rings. The average Bonchev–Trinajstić information content (AvgIpc) is 2.46. The van der Waals surface area contributed by atoms with Gasteiger partial charge in [0.15, 0.2) is 11.5 Å². The van der Waals surface area contributed by atoms with Crippen LogP contribution in [0.2, 0.25) is 0 Å². The molecule has 0 unspecified atom stereocenters. The van der Waals surface area contributed by atoms with E-state index in [0.29, 0.717) is 11.3 Å². The monoisotopic (exact) mass is 288 g/mol. The standard InChI is InChI=1S/C17H20O4/c1-4-5-6-7-8-9-15(19)14-10-11-16(21-13(2)18)17(12-14)20-3/h10-12H,4-7H2,1-3H3. The van der Waals surface area contributed by atoms with Crippen LogP contribution in [0.15, 0.2) is 18.2 Å². The molecule has 0 bridgehead atoms. The van der Waals surface area contributed by atoms with Crippen molar-refractivity contribution in [2.45, 2.75) is 39.5 Å². The molecule has 0 aliphatic heterocycles. The SMILES string of the molecule is CCCCCC#CC(=O)c1ccc(OC(C)=O)c(OC)c1. The first kappa shape index (κ1) is 16.8. The van der Waals surface area contributed by atoms with Gasteiger partial charge in [-0.1, -0.05) is 25.7 Å². The fraction of sp³-hybridized carbons (Fsp3) is 0.412. The van der Waals surface area contributed by atoms with Crippen LogP contribution in [0.1, 0.15) is 49.9 Å². The molecule has 0 atom stereocenters. The van der Waals surface area contributed by atoms with Gasteiger partial charge in [-0.3, -0.25) is 9.59 Å². The maximum absolute atomic E-state index is 11.9. The van der Waals surface area contributed by atoms with Crippen LogP contribution in [0.3, 0.4) is 0 Å². The third-order valence-corrected chi connectivity index (χ3v) is 2.79. The summed E-state index contributed by atoms with van der Waals surface area (Å²) < 4.78 is 10.1. The van der Waals surface area contributed by atoms with E-state index in [4.69, 9.17) is 9.47 Å². The second kappa shape index (κ2) is 8.80. The molecule has 0 aliphatic rings. The maximum Gasteiger partial charge on any atom is 0.308 e. The molecule has 1 rings (SSSR count). The molecule has 0 spiro atoms. The summed E-state index contributed by atoms with van der Waals surface area (Å²) in [5.41, 5.74) is 0.422. The van der Waals surface area contributed by atoms with E-state index >= 15 is 0 Å². The summed E-state index contributed by atoms with van der Waals surface area (Å²) >= 11 is 0. The van der Waals surface area contributed by atoms with Crippen molar-refractivity contribution in [1.29, 1.82) is 0 Å². The lowest BCUT2D eigenvalue weighted by Crippen LogP contribution is -2.04. The molecule has 0 N–H and O–H groups in total. The van der Waals surface area contributed by atoms with Gasteiger partial charge < -0.3 is 9.47 Å². The molecular weight excluding hydrogens is 268 g/mol. The zero-order chi connectivity index (χ0) is 15.7. The third-order valence-electron chi connectivity index (χ3n) is 2.79. The number of methoxy groups -OCH3 is 1. The minimum atomic E-state index is -0.442. The predicted octanol–water partition coefficient (Wildman–Crippen LogP) is 3.39. The smallest absolute Gasteiger partial charge is 0.308 e. The fourth-order valence-corrected chi connectivity index (χ4v) is 1.73. The second-order valence-electron chi connectivity index (χ2n) is 4.55. The topological polar surface area (TPSA) is 52.6 Å². The number of ketones is 1.